The second-order valence-corrected chi connectivity index (χ2v) is 6.10. The van der Waals surface area contributed by atoms with Gasteiger partial charge in [-0.3, -0.25) is 4.99 Å². The normalized spacial score (nSPS) is 15.5. The highest BCUT2D eigenvalue weighted by atomic mass is 127. The number of guanidine groups is 1. The Morgan fingerprint density at radius 3 is 2.36 bits per heavy atom. The van der Waals surface area contributed by atoms with Crippen molar-refractivity contribution >= 4 is 29.9 Å². The van der Waals surface area contributed by atoms with Gasteiger partial charge in [0.15, 0.2) is 5.96 Å². The van der Waals surface area contributed by atoms with Gasteiger partial charge < -0.3 is 10.6 Å². The van der Waals surface area contributed by atoms with Gasteiger partial charge in [0.05, 0.1) is 0 Å². The quantitative estimate of drug-likeness (QED) is 0.340. The molecule has 0 aromatic heterocycles. The average Bonchev–Trinajstić information content (AvgIpc) is 2.97. The number of nitrogens with one attached hydrogen (secondary N) is 2. The molecule has 0 unspecified atom stereocenters. The molecule has 22 heavy (non-hydrogen) atoms. The van der Waals surface area contributed by atoms with Gasteiger partial charge in [-0.1, -0.05) is 38.1 Å². The van der Waals surface area contributed by atoms with Gasteiger partial charge in [-0.25, -0.2) is 4.39 Å². The molecular weight excluding hydrogens is 392 g/mol. The molecule has 0 amide bonds. The maximum Gasteiger partial charge on any atom is 0.191 e. The largest absolute Gasteiger partial charge is 0.356 e. The first-order valence-corrected chi connectivity index (χ1v) is 7.39. The van der Waals surface area contributed by atoms with Gasteiger partial charge in [0.25, 0.3) is 0 Å². The zero-order valence-corrected chi connectivity index (χ0v) is 15.7. The van der Waals surface area contributed by atoms with Gasteiger partial charge in [-0.05, 0) is 30.5 Å². The van der Waals surface area contributed by atoms with Crippen molar-refractivity contribution in [2.45, 2.75) is 38.1 Å². The number of benzene rings is 1. The molecule has 1 aliphatic carbocycles. The van der Waals surface area contributed by atoms with Crippen LogP contribution in [0.1, 0.15) is 32.3 Å². The van der Waals surface area contributed by atoms with Gasteiger partial charge in [-0.15, -0.1) is 24.0 Å². The van der Waals surface area contributed by atoms with E-state index in [1.165, 1.54) is 12.1 Å². The van der Waals surface area contributed by atoms with E-state index in [2.05, 4.69) is 41.6 Å². The van der Waals surface area contributed by atoms with Gasteiger partial charge in [-0.2, -0.15) is 0 Å². The summed E-state index contributed by atoms with van der Waals surface area (Å²) < 4.78 is 13.0. The third kappa shape index (κ3) is 5.26. The highest BCUT2D eigenvalue weighted by molar-refractivity contribution is 14.0. The van der Waals surface area contributed by atoms with Crippen LogP contribution in [0.25, 0.3) is 0 Å². The van der Waals surface area contributed by atoms with Gasteiger partial charge in [0.1, 0.15) is 5.82 Å². The first-order chi connectivity index (χ1) is 10.0. The van der Waals surface area contributed by atoms with E-state index in [0.717, 1.165) is 30.9 Å². The van der Waals surface area contributed by atoms with E-state index in [1.807, 2.05) is 12.1 Å². The minimum Gasteiger partial charge on any atom is -0.356 e. The Hall–Kier alpha value is -1.11. The summed E-state index contributed by atoms with van der Waals surface area (Å²) in [5, 5.41) is 6.78. The molecule has 0 aliphatic heterocycles. The van der Waals surface area contributed by atoms with Crippen molar-refractivity contribution in [2.24, 2.45) is 4.99 Å². The molecule has 0 saturated carbocycles. The van der Waals surface area contributed by atoms with Crippen molar-refractivity contribution in [3.05, 3.63) is 47.8 Å². The average molecular weight is 417 g/mol. The van der Waals surface area contributed by atoms with Gasteiger partial charge >= 0.3 is 0 Å². The minimum atomic E-state index is -0.200. The Balaban J connectivity index is 0.00000242. The Kier molecular flexibility index (Phi) is 7.32. The molecule has 0 fully saturated rings. The molecule has 1 aromatic carbocycles. The summed E-state index contributed by atoms with van der Waals surface area (Å²) >= 11 is 0. The van der Waals surface area contributed by atoms with Crippen LogP contribution in [-0.4, -0.2) is 25.6 Å². The number of nitrogens with zero attached hydrogens (tertiary/aromatic N) is 1. The van der Waals surface area contributed by atoms with Crippen molar-refractivity contribution in [2.75, 3.05) is 13.6 Å². The fourth-order valence-corrected chi connectivity index (χ4v) is 2.43. The molecular formula is C17H25FIN3. The van der Waals surface area contributed by atoms with E-state index >= 15 is 0 Å². The molecule has 0 heterocycles. The van der Waals surface area contributed by atoms with Crippen LogP contribution in [0, 0.1) is 5.82 Å². The molecule has 2 N–H and O–H groups in total. The zero-order chi connectivity index (χ0) is 15.3. The van der Waals surface area contributed by atoms with E-state index in [-0.39, 0.29) is 35.2 Å². The highest BCUT2D eigenvalue weighted by Crippen LogP contribution is 2.22. The summed E-state index contributed by atoms with van der Waals surface area (Å²) in [5.41, 5.74) is 1.01. The van der Waals surface area contributed by atoms with E-state index in [1.54, 1.807) is 7.05 Å². The first-order valence-electron chi connectivity index (χ1n) is 7.39. The Morgan fingerprint density at radius 2 is 1.82 bits per heavy atom. The Bertz CT molecular complexity index is 515. The van der Waals surface area contributed by atoms with Crippen LogP contribution in [0.5, 0.6) is 0 Å². The molecule has 3 nitrogen and oxygen atoms in total. The predicted molar refractivity (Wildman–Crippen MR) is 102 cm³/mol. The molecule has 2 rings (SSSR count). The maximum absolute atomic E-state index is 13.0. The molecule has 122 valence electrons. The Morgan fingerprint density at radius 1 is 1.23 bits per heavy atom. The summed E-state index contributed by atoms with van der Waals surface area (Å²) in [6.45, 7) is 5.01. The number of hydrogen-bond acceptors (Lipinski definition) is 1. The lowest BCUT2D eigenvalue weighted by Crippen LogP contribution is -2.46. The van der Waals surface area contributed by atoms with Crippen molar-refractivity contribution in [1.82, 2.24) is 10.6 Å². The SMILES string of the molecule is CN=C(NCC(C)(C)c1ccc(F)cc1)NC1CC=CC1.I. The molecule has 0 saturated heterocycles. The summed E-state index contributed by atoms with van der Waals surface area (Å²) in [6, 6.07) is 7.13. The predicted octanol–water partition coefficient (Wildman–Crippen LogP) is 3.60. The number of hydrogen-bond donors (Lipinski definition) is 2. The van der Waals surface area contributed by atoms with Crippen LogP contribution < -0.4 is 10.6 Å². The van der Waals surface area contributed by atoms with E-state index in [4.69, 9.17) is 0 Å². The fourth-order valence-electron chi connectivity index (χ4n) is 2.43. The first kappa shape index (κ1) is 18.9. The fraction of sp³-hybridized carbons (Fsp3) is 0.471. The number of rotatable bonds is 4. The van der Waals surface area contributed by atoms with Crippen LogP contribution in [0.4, 0.5) is 4.39 Å². The summed E-state index contributed by atoms with van der Waals surface area (Å²) in [6.07, 6.45) is 6.46. The molecule has 0 atom stereocenters. The zero-order valence-electron chi connectivity index (χ0n) is 13.4. The van der Waals surface area contributed by atoms with Crippen LogP contribution in [0.3, 0.4) is 0 Å². The topological polar surface area (TPSA) is 36.4 Å². The van der Waals surface area contributed by atoms with Crippen molar-refractivity contribution < 1.29 is 4.39 Å². The standard InChI is InChI=1S/C17H24FN3.HI/c1-17(2,13-8-10-14(18)11-9-13)12-20-16(19-3)21-15-6-4-5-7-15;/h4-5,8-11,15H,6-7,12H2,1-3H3,(H2,19,20,21);1H. The van der Waals surface area contributed by atoms with Crippen LogP contribution in [0.15, 0.2) is 41.4 Å². The smallest absolute Gasteiger partial charge is 0.191 e. The lowest BCUT2D eigenvalue weighted by molar-refractivity contribution is 0.502. The summed E-state index contributed by atoms with van der Waals surface area (Å²) in [7, 11) is 1.78. The van der Waals surface area contributed by atoms with Crippen molar-refractivity contribution in [1.29, 1.82) is 0 Å². The molecule has 5 heteroatoms. The van der Waals surface area contributed by atoms with Crippen LogP contribution >= 0.6 is 24.0 Å². The van der Waals surface area contributed by atoms with Gasteiger partial charge in [0, 0.05) is 25.0 Å². The summed E-state index contributed by atoms with van der Waals surface area (Å²) in [5.74, 6) is 0.618. The van der Waals surface area contributed by atoms with Crippen LogP contribution in [-0.2, 0) is 5.41 Å². The van der Waals surface area contributed by atoms with E-state index in [9.17, 15) is 4.39 Å². The third-order valence-corrected chi connectivity index (χ3v) is 3.90. The molecule has 1 aromatic rings. The number of aliphatic imine (C=N–C) groups is 1. The van der Waals surface area contributed by atoms with Gasteiger partial charge in [0.2, 0.25) is 0 Å². The lowest BCUT2D eigenvalue weighted by Gasteiger charge is -2.27. The van der Waals surface area contributed by atoms with E-state index < -0.39 is 0 Å². The van der Waals surface area contributed by atoms with E-state index in [0.29, 0.717) is 6.04 Å². The maximum atomic E-state index is 13.0. The Labute approximate surface area is 149 Å². The monoisotopic (exact) mass is 417 g/mol. The minimum absolute atomic E-state index is 0. The summed E-state index contributed by atoms with van der Waals surface area (Å²) in [4.78, 5) is 4.27. The highest BCUT2D eigenvalue weighted by Gasteiger charge is 2.21. The lowest BCUT2D eigenvalue weighted by atomic mass is 9.84. The molecule has 0 radical (unpaired) electrons. The third-order valence-electron chi connectivity index (χ3n) is 3.90. The molecule has 0 bridgehead atoms. The second-order valence-electron chi connectivity index (χ2n) is 6.10. The van der Waals surface area contributed by atoms with Crippen molar-refractivity contribution in [3.63, 3.8) is 0 Å². The van der Waals surface area contributed by atoms with Crippen LogP contribution in [0.2, 0.25) is 0 Å². The number of halogens is 2. The second kappa shape index (κ2) is 8.50. The molecule has 1 aliphatic rings. The van der Waals surface area contributed by atoms with Crippen molar-refractivity contribution in [3.8, 4) is 0 Å². The molecule has 0 spiro atoms.